The van der Waals surface area contributed by atoms with Gasteiger partial charge in [0.05, 0.1) is 15.6 Å². The van der Waals surface area contributed by atoms with Crippen molar-refractivity contribution in [3.8, 4) is 0 Å². The molecule has 0 aliphatic carbocycles. The number of aryl methyl sites for hydroxylation is 1. The molecule has 0 saturated carbocycles. The largest absolute Gasteiger partial charge is 0.380 e. The molecular formula is C14H11BrClFN2O2. The number of halogens is 3. The zero-order valence-electron chi connectivity index (χ0n) is 11.0. The standard InChI is InChI=1S/C14H11BrClFN2O2/c1-8-5-10(15)12(6-13(8)19(20)21)18-7-9-3-2-4-11(16)14(9)17/h2-6,18H,7H2,1H3. The molecule has 21 heavy (non-hydrogen) atoms. The molecule has 2 aromatic carbocycles. The van der Waals surface area contributed by atoms with Crippen molar-refractivity contribution >= 4 is 38.9 Å². The first-order chi connectivity index (χ1) is 9.90. The lowest BCUT2D eigenvalue weighted by Crippen LogP contribution is -2.04. The van der Waals surface area contributed by atoms with Gasteiger partial charge in [-0.1, -0.05) is 23.7 Å². The fourth-order valence-electron chi connectivity index (χ4n) is 1.87. The van der Waals surface area contributed by atoms with Gasteiger partial charge in [-0.3, -0.25) is 10.1 Å². The zero-order chi connectivity index (χ0) is 15.6. The van der Waals surface area contributed by atoms with Crippen molar-refractivity contribution in [2.45, 2.75) is 13.5 Å². The van der Waals surface area contributed by atoms with Gasteiger partial charge in [-0.25, -0.2) is 4.39 Å². The summed E-state index contributed by atoms with van der Waals surface area (Å²) in [5, 5.41) is 14.0. The molecule has 0 amide bonds. The van der Waals surface area contributed by atoms with Crippen LogP contribution in [0.2, 0.25) is 5.02 Å². The highest BCUT2D eigenvalue weighted by Crippen LogP contribution is 2.31. The molecule has 2 aromatic rings. The Morgan fingerprint density at radius 3 is 2.81 bits per heavy atom. The second kappa shape index (κ2) is 6.41. The Kier molecular flexibility index (Phi) is 4.80. The molecule has 110 valence electrons. The topological polar surface area (TPSA) is 55.2 Å². The molecule has 4 nitrogen and oxygen atoms in total. The lowest BCUT2D eigenvalue weighted by atomic mass is 10.1. The molecule has 0 fully saturated rings. The molecule has 1 N–H and O–H groups in total. The predicted octanol–water partition coefficient (Wildman–Crippen LogP) is 5.07. The molecule has 0 saturated heterocycles. The summed E-state index contributed by atoms with van der Waals surface area (Å²) in [6.45, 7) is 1.83. The SMILES string of the molecule is Cc1cc(Br)c(NCc2cccc(Cl)c2F)cc1[N+](=O)[O-]. The number of nitrogens with zero attached hydrogens (tertiary/aromatic N) is 1. The van der Waals surface area contributed by atoms with Crippen molar-refractivity contribution < 1.29 is 9.31 Å². The Morgan fingerprint density at radius 1 is 1.43 bits per heavy atom. The van der Waals surface area contributed by atoms with Gasteiger partial charge in [0.15, 0.2) is 0 Å². The molecule has 0 heterocycles. The third kappa shape index (κ3) is 3.51. The molecule has 0 aromatic heterocycles. The summed E-state index contributed by atoms with van der Waals surface area (Å²) >= 11 is 9.05. The number of nitrogens with one attached hydrogen (secondary N) is 1. The van der Waals surface area contributed by atoms with Crippen LogP contribution in [-0.2, 0) is 6.54 Å². The quantitative estimate of drug-likeness (QED) is 0.601. The Hall–Kier alpha value is -1.66. The highest BCUT2D eigenvalue weighted by Gasteiger charge is 2.14. The predicted molar refractivity (Wildman–Crippen MR) is 84.3 cm³/mol. The van der Waals surface area contributed by atoms with Crippen LogP contribution in [0.25, 0.3) is 0 Å². The first-order valence-corrected chi connectivity index (χ1v) is 7.18. The summed E-state index contributed by atoms with van der Waals surface area (Å²) in [5.41, 5.74) is 1.46. The summed E-state index contributed by atoms with van der Waals surface area (Å²) in [7, 11) is 0. The summed E-state index contributed by atoms with van der Waals surface area (Å²) < 4.78 is 14.5. The highest BCUT2D eigenvalue weighted by atomic mass is 79.9. The highest BCUT2D eigenvalue weighted by molar-refractivity contribution is 9.10. The van der Waals surface area contributed by atoms with E-state index in [1.165, 1.54) is 12.1 Å². The number of hydrogen-bond donors (Lipinski definition) is 1. The number of benzene rings is 2. The molecule has 0 bridgehead atoms. The van der Waals surface area contributed by atoms with E-state index in [-0.39, 0.29) is 17.3 Å². The van der Waals surface area contributed by atoms with Crippen LogP contribution in [0.15, 0.2) is 34.8 Å². The normalized spacial score (nSPS) is 10.5. The minimum absolute atomic E-state index is 0.00673. The molecule has 0 aliphatic heterocycles. The van der Waals surface area contributed by atoms with E-state index < -0.39 is 10.7 Å². The first-order valence-electron chi connectivity index (χ1n) is 6.01. The van der Waals surface area contributed by atoms with Crippen LogP contribution in [0.4, 0.5) is 15.8 Å². The molecule has 7 heteroatoms. The van der Waals surface area contributed by atoms with Gasteiger partial charge in [0, 0.05) is 28.2 Å². The van der Waals surface area contributed by atoms with Crippen LogP contribution >= 0.6 is 27.5 Å². The molecule has 2 rings (SSSR count). The van der Waals surface area contributed by atoms with E-state index in [4.69, 9.17) is 11.6 Å². The monoisotopic (exact) mass is 372 g/mol. The second-order valence-electron chi connectivity index (χ2n) is 4.44. The lowest BCUT2D eigenvalue weighted by Gasteiger charge is -2.11. The minimum Gasteiger partial charge on any atom is -0.380 e. The third-order valence-corrected chi connectivity index (χ3v) is 3.93. The number of nitro groups is 1. The van der Waals surface area contributed by atoms with E-state index in [2.05, 4.69) is 21.2 Å². The van der Waals surface area contributed by atoms with Crippen molar-refractivity contribution in [3.05, 3.63) is 66.9 Å². The summed E-state index contributed by atoms with van der Waals surface area (Å²) in [6, 6.07) is 7.78. The van der Waals surface area contributed by atoms with E-state index in [1.807, 2.05) is 0 Å². The number of nitro benzene ring substituents is 1. The van der Waals surface area contributed by atoms with Crippen LogP contribution in [0.3, 0.4) is 0 Å². The van der Waals surface area contributed by atoms with Crippen molar-refractivity contribution in [1.82, 2.24) is 0 Å². The fraction of sp³-hybridized carbons (Fsp3) is 0.143. The third-order valence-electron chi connectivity index (χ3n) is 2.98. The lowest BCUT2D eigenvalue weighted by molar-refractivity contribution is -0.385. The number of hydrogen-bond acceptors (Lipinski definition) is 3. The summed E-state index contributed by atoms with van der Waals surface area (Å²) in [5.74, 6) is -0.496. The van der Waals surface area contributed by atoms with Gasteiger partial charge in [-0.2, -0.15) is 0 Å². The van der Waals surface area contributed by atoms with Crippen LogP contribution in [0, 0.1) is 22.9 Å². The zero-order valence-corrected chi connectivity index (χ0v) is 13.3. The van der Waals surface area contributed by atoms with Crippen molar-refractivity contribution in [2.75, 3.05) is 5.32 Å². The van der Waals surface area contributed by atoms with Gasteiger partial charge in [0.2, 0.25) is 0 Å². The molecular weight excluding hydrogens is 363 g/mol. The van der Waals surface area contributed by atoms with Gasteiger partial charge in [0.1, 0.15) is 5.82 Å². The maximum atomic E-state index is 13.8. The van der Waals surface area contributed by atoms with Crippen LogP contribution in [0.5, 0.6) is 0 Å². The Bertz CT molecular complexity index is 710. The van der Waals surface area contributed by atoms with E-state index in [0.29, 0.717) is 21.3 Å². The molecule has 0 atom stereocenters. The van der Waals surface area contributed by atoms with Gasteiger partial charge in [0.25, 0.3) is 5.69 Å². The average molecular weight is 374 g/mol. The Morgan fingerprint density at radius 2 is 2.14 bits per heavy atom. The molecule has 0 aliphatic rings. The van der Waals surface area contributed by atoms with Crippen LogP contribution < -0.4 is 5.32 Å². The first kappa shape index (κ1) is 15.7. The van der Waals surface area contributed by atoms with Gasteiger partial charge in [-0.15, -0.1) is 0 Å². The maximum absolute atomic E-state index is 13.8. The smallest absolute Gasteiger partial charge is 0.274 e. The average Bonchev–Trinajstić information content (AvgIpc) is 2.41. The fourth-order valence-corrected chi connectivity index (χ4v) is 2.66. The van der Waals surface area contributed by atoms with Crippen molar-refractivity contribution in [1.29, 1.82) is 0 Å². The second-order valence-corrected chi connectivity index (χ2v) is 5.70. The van der Waals surface area contributed by atoms with E-state index >= 15 is 0 Å². The molecule has 0 radical (unpaired) electrons. The Labute approximate surface area is 134 Å². The number of anilines is 1. The van der Waals surface area contributed by atoms with E-state index in [0.717, 1.165) is 0 Å². The number of rotatable bonds is 4. The van der Waals surface area contributed by atoms with Gasteiger partial charge < -0.3 is 5.32 Å². The maximum Gasteiger partial charge on any atom is 0.274 e. The Balaban J connectivity index is 2.26. The van der Waals surface area contributed by atoms with Crippen molar-refractivity contribution in [2.24, 2.45) is 0 Å². The summed E-state index contributed by atoms with van der Waals surface area (Å²) in [6.07, 6.45) is 0. The molecule has 0 spiro atoms. The minimum atomic E-state index is -0.496. The van der Waals surface area contributed by atoms with Gasteiger partial charge in [-0.05, 0) is 35.0 Å². The van der Waals surface area contributed by atoms with Crippen LogP contribution in [0.1, 0.15) is 11.1 Å². The van der Waals surface area contributed by atoms with E-state index in [1.54, 1.807) is 25.1 Å². The van der Waals surface area contributed by atoms with Crippen LogP contribution in [-0.4, -0.2) is 4.92 Å². The van der Waals surface area contributed by atoms with Gasteiger partial charge >= 0.3 is 0 Å². The molecule has 0 unspecified atom stereocenters. The van der Waals surface area contributed by atoms with Crippen molar-refractivity contribution in [3.63, 3.8) is 0 Å². The van der Waals surface area contributed by atoms with E-state index in [9.17, 15) is 14.5 Å². The summed E-state index contributed by atoms with van der Waals surface area (Å²) in [4.78, 5) is 10.5.